The minimum Gasteiger partial charge on any atom is -0.369 e. The molecule has 0 saturated carbocycles. The number of hydrogen-bond donors (Lipinski definition) is 1. The summed E-state index contributed by atoms with van der Waals surface area (Å²) in [5, 5.41) is 0. The van der Waals surface area contributed by atoms with Crippen LogP contribution in [0.5, 0.6) is 0 Å². The largest absolute Gasteiger partial charge is 0.369 e. The summed E-state index contributed by atoms with van der Waals surface area (Å²) >= 11 is 0. The van der Waals surface area contributed by atoms with Crippen molar-refractivity contribution in [1.82, 2.24) is 9.29 Å². The molecule has 0 radical (unpaired) electrons. The molecule has 0 aromatic carbocycles. The molecular formula is C15H22N4O3S. The number of nitrogens with two attached hydrogens (primary N) is 1. The number of amides is 1. The first-order chi connectivity index (χ1) is 10.9. The molecule has 0 spiro atoms. The molecule has 8 heteroatoms. The van der Waals surface area contributed by atoms with E-state index < -0.39 is 10.0 Å². The molecule has 1 aromatic heterocycles. The van der Waals surface area contributed by atoms with E-state index in [1.807, 2.05) is 11.8 Å². The second-order valence-corrected chi connectivity index (χ2v) is 8.29. The molecule has 1 amide bonds. The molecule has 2 atom stereocenters. The van der Waals surface area contributed by atoms with Crippen LogP contribution in [0.2, 0.25) is 0 Å². The Kier molecular flexibility index (Phi) is 4.29. The van der Waals surface area contributed by atoms with E-state index in [0.717, 1.165) is 12.8 Å². The Labute approximate surface area is 136 Å². The third-order valence-electron chi connectivity index (χ3n) is 4.72. The fourth-order valence-electron chi connectivity index (χ4n) is 3.33. The number of hydrogen-bond acceptors (Lipinski definition) is 5. The van der Waals surface area contributed by atoms with E-state index in [1.54, 1.807) is 6.07 Å². The molecule has 2 N–H and O–H groups in total. The smallest absolute Gasteiger partial charge is 0.243 e. The van der Waals surface area contributed by atoms with Crippen molar-refractivity contribution in [2.45, 2.75) is 24.7 Å². The zero-order valence-electron chi connectivity index (χ0n) is 13.2. The second kappa shape index (κ2) is 6.09. The second-order valence-electron chi connectivity index (χ2n) is 6.35. The predicted octanol–water partition coefficient (Wildman–Crippen LogP) is 0.424. The highest BCUT2D eigenvalue weighted by molar-refractivity contribution is 7.89. The van der Waals surface area contributed by atoms with Crippen LogP contribution in [0.1, 0.15) is 19.8 Å². The molecule has 2 saturated heterocycles. The maximum atomic E-state index is 12.6. The van der Waals surface area contributed by atoms with Gasteiger partial charge in [-0.2, -0.15) is 4.31 Å². The summed E-state index contributed by atoms with van der Waals surface area (Å²) in [6.45, 7) is 4.25. The summed E-state index contributed by atoms with van der Waals surface area (Å²) in [6.07, 6.45) is 3.32. The molecule has 2 aliphatic rings. The van der Waals surface area contributed by atoms with Gasteiger partial charge >= 0.3 is 0 Å². The first kappa shape index (κ1) is 16.2. The number of aromatic nitrogens is 1. The Morgan fingerprint density at radius 1 is 1.30 bits per heavy atom. The van der Waals surface area contributed by atoms with Gasteiger partial charge in [0.1, 0.15) is 5.82 Å². The highest BCUT2D eigenvalue weighted by Crippen LogP contribution is 2.29. The summed E-state index contributed by atoms with van der Waals surface area (Å²) in [7, 11) is -3.46. The van der Waals surface area contributed by atoms with E-state index in [2.05, 4.69) is 4.98 Å². The minimum atomic E-state index is -3.46. The van der Waals surface area contributed by atoms with Crippen LogP contribution >= 0.6 is 0 Å². The number of primary amides is 1. The van der Waals surface area contributed by atoms with E-state index >= 15 is 0 Å². The van der Waals surface area contributed by atoms with Crippen LogP contribution in [0.3, 0.4) is 0 Å². The van der Waals surface area contributed by atoms with Crippen molar-refractivity contribution in [3.63, 3.8) is 0 Å². The molecule has 0 unspecified atom stereocenters. The average Bonchev–Trinajstić information content (AvgIpc) is 3.17. The van der Waals surface area contributed by atoms with Gasteiger partial charge in [0, 0.05) is 38.4 Å². The summed E-state index contributed by atoms with van der Waals surface area (Å²) in [5.74, 6) is 0.172. The predicted molar refractivity (Wildman–Crippen MR) is 86.3 cm³/mol. The van der Waals surface area contributed by atoms with E-state index in [4.69, 9.17) is 5.73 Å². The number of nitrogens with zero attached hydrogens (tertiary/aromatic N) is 3. The van der Waals surface area contributed by atoms with Gasteiger partial charge in [-0.15, -0.1) is 0 Å². The van der Waals surface area contributed by atoms with Gasteiger partial charge in [0.15, 0.2) is 0 Å². The standard InChI is InChI=1S/C15H22N4O3S/c1-11-9-18(10-13(11)15(16)20)14-8-12(4-5-17-14)23(21,22)19-6-2-3-7-19/h4-5,8,11,13H,2-3,6-7,9-10H2,1H3,(H2,16,20)/t11-,13-/m1/s1. The Morgan fingerprint density at radius 2 is 2.00 bits per heavy atom. The molecular weight excluding hydrogens is 316 g/mol. The molecule has 126 valence electrons. The Balaban J connectivity index is 1.85. The molecule has 0 aliphatic carbocycles. The van der Waals surface area contributed by atoms with Crippen LogP contribution in [0, 0.1) is 11.8 Å². The van der Waals surface area contributed by atoms with Crippen LogP contribution in [0.15, 0.2) is 23.2 Å². The first-order valence-electron chi connectivity index (χ1n) is 7.90. The van der Waals surface area contributed by atoms with Crippen molar-refractivity contribution in [2.75, 3.05) is 31.1 Å². The van der Waals surface area contributed by atoms with Crippen molar-refractivity contribution in [1.29, 1.82) is 0 Å². The van der Waals surface area contributed by atoms with Crippen molar-refractivity contribution in [2.24, 2.45) is 17.6 Å². The van der Waals surface area contributed by atoms with E-state index in [0.29, 0.717) is 32.0 Å². The van der Waals surface area contributed by atoms with Gasteiger partial charge in [0.2, 0.25) is 15.9 Å². The fourth-order valence-corrected chi connectivity index (χ4v) is 4.86. The lowest BCUT2D eigenvalue weighted by Gasteiger charge is -2.19. The van der Waals surface area contributed by atoms with Gasteiger partial charge in [0.05, 0.1) is 10.8 Å². The zero-order valence-corrected chi connectivity index (χ0v) is 14.0. The third-order valence-corrected chi connectivity index (χ3v) is 6.62. The summed E-state index contributed by atoms with van der Waals surface area (Å²) in [6, 6.07) is 3.13. The van der Waals surface area contributed by atoms with Gasteiger partial charge in [-0.3, -0.25) is 4.79 Å². The lowest BCUT2D eigenvalue weighted by Crippen LogP contribution is -2.30. The molecule has 2 aliphatic heterocycles. The van der Waals surface area contributed by atoms with Gasteiger partial charge in [-0.25, -0.2) is 13.4 Å². The van der Waals surface area contributed by atoms with Crippen molar-refractivity contribution in [3.8, 4) is 0 Å². The SMILES string of the molecule is C[C@@H]1CN(c2cc(S(=O)(=O)N3CCCC3)ccn2)C[C@H]1C(N)=O. The quantitative estimate of drug-likeness (QED) is 0.858. The fraction of sp³-hybridized carbons (Fsp3) is 0.600. The number of rotatable bonds is 4. The van der Waals surface area contributed by atoms with E-state index in [-0.39, 0.29) is 22.6 Å². The zero-order chi connectivity index (χ0) is 16.6. The maximum Gasteiger partial charge on any atom is 0.243 e. The number of carbonyl (C=O) groups is 1. The van der Waals surface area contributed by atoms with Crippen LogP contribution in [0.4, 0.5) is 5.82 Å². The molecule has 23 heavy (non-hydrogen) atoms. The Hall–Kier alpha value is -1.67. The molecule has 0 bridgehead atoms. The summed E-state index contributed by atoms with van der Waals surface area (Å²) < 4.78 is 26.8. The van der Waals surface area contributed by atoms with Crippen LogP contribution < -0.4 is 10.6 Å². The number of sulfonamides is 1. The average molecular weight is 338 g/mol. The normalized spacial score (nSPS) is 25.9. The highest BCUT2D eigenvalue weighted by atomic mass is 32.2. The topological polar surface area (TPSA) is 96.6 Å². The van der Waals surface area contributed by atoms with Gasteiger partial charge in [-0.1, -0.05) is 6.92 Å². The van der Waals surface area contributed by atoms with Crippen LogP contribution in [0.25, 0.3) is 0 Å². The van der Waals surface area contributed by atoms with E-state index in [1.165, 1.54) is 16.6 Å². The lowest BCUT2D eigenvalue weighted by atomic mass is 9.98. The Bertz CT molecular complexity index is 700. The van der Waals surface area contributed by atoms with Gasteiger partial charge < -0.3 is 10.6 Å². The summed E-state index contributed by atoms with van der Waals surface area (Å²) in [5.41, 5.74) is 5.42. The molecule has 7 nitrogen and oxygen atoms in total. The molecule has 3 heterocycles. The third kappa shape index (κ3) is 3.05. The monoisotopic (exact) mass is 338 g/mol. The van der Waals surface area contributed by atoms with E-state index in [9.17, 15) is 13.2 Å². The molecule has 3 rings (SSSR count). The van der Waals surface area contributed by atoms with Crippen LogP contribution in [-0.2, 0) is 14.8 Å². The minimum absolute atomic E-state index is 0.133. The van der Waals surface area contributed by atoms with Crippen molar-refractivity contribution >= 4 is 21.7 Å². The lowest BCUT2D eigenvalue weighted by molar-refractivity contribution is -0.122. The Morgan fingerprint density at radius 3 is 2.61 bits per heavy atom. The molecule has 1 aromatic rings. The van der Waals surface area contributed by atoms with Crippen molar-refractivity contribution in [3.05, 3.63) is 18.3 Å². The van der Waals surface area contributed by atoms with Gasteiger partial charge in [0.25, 0.3) is 0 Å². The molecule has 2 fully saturated rings. The number of pyridine rings is 1. The van der Waals surface area contributed by atoms with Crippen molar-refractivity contribution < 1.29 is 13.2 Å². The number of carbonyl (C=O) groups excluding carboxylic acids is 1. The number of anilines is 1. The summed E-state index contributed by atoms with van der Waals surface area (Å²) in [4.78, 5) is 17.9. The highest BCUT2D eigenvalue weighted by Gasteiger charge is 2.35. The van der Waals surface area contributed by atoms with Gasteiger partial charge in [-0.05, 0) is 24.8 Å². The first-order valence-corrected chi connectivity index (χ1v) is 9.34. The maximum absolute atomic E-state index is 12.6. The van der Waals surface area contributed by atoms with Crippen LogP contribution in [-0.4, -0.2) is 49.8 Å².